The van der Waals surface area contributed by atoms with Crippen LogP contribution >= 0.6 is 0 Å². The molecule has 1 saturated heterocycles. The number of hydrogen-bond acceptors (Lipinski definition) is 6. The van der Waals surface area contributed by atoms with E-state index in [1.54, 1.807) is 25.3 Å². The van der Waals surface area contributed by atoms with E-state index in [2.05, 4.69) is 5.32 Å². The fraction of sp³-hybridized carbons (Fsp3) is 0.480. The van der Waals surface area contributed by atoms with Gasteiger partial charge in [-0.15, -0.1) is 0 Å². The highest BCUT2D eigenvalue weighted by Crippen LogP contribution is 2.35. The van der Waals surface area contributed by atoms with Gasteiger partial charge in [-0.1, -0.05) is 0 Å². The third kappa shape index (κ3) is 6.09. The van der Waals surface area contributed by atoms with Crippen molar-refractivity contribution in [3.05, 3.63) is 57.9 Å². The van der Waals surface area contributed by atoms with Crippen molar-refractivity contribution >= 4 is 11.6 Å². The summed E-state index contributed by atoms with van der Waals surface area (Å²) >= 11 is 0. The van der Waals surface area contributed by atoms with E-state index >= 15 is 0 Å². The second kappa shape index (κ2) is 11.9. The molecule has 0 spiro atoms. The smallest absolute Gasteiger partial charge is 0.270 e. The van der Waals surface area contributed by atoms with E-state index in [4.69, 9.17) is 9.47 Å². The maximum absolute atomic E-state index is 14.7. The quantitative estimate of drug-likeness (QED) is 0.312. The molecule has 184 valence electrons. The van der Waals surface area contributed by atoms with E-state index in [1.807, 2.05) is 18.7 Å². The van der Waals surface area contributed by atoms with Crippen LogP contribution in [-0.4, -0.2) is 61.2 Å². The van der Waals surface area contributed by atoms with Crippen LogP contribution in [0.4, 0.5) is 10.1 Å². The molecule has 1 amide bonds. The van der Waals surface area contributed by atoms with Crippen molar-refractivity contribution in [3.8, 4) is 16.9 Å². The third-order valence-corrected chi connectivity index (χ3v) is 5.88. The normalized spacial score (nSPS) is 15.9. The first-order valence-corrected chi connectivity index (χ1v) is 11.6. The number of nitrogens with one attached hydrogen (secondary N) is 1. The predicted molar refractivity (Wildman–Crippen MR) is 128 cm³/mol. The molecule has 1 fully saturated rings. The van der Waals surface area contributed by atoms with Gasteiger partial charge < -0.3 is 19.7 Å². The molecule has 1 aliphatic rings. The van der Waals surface area contributed by atoms with Crippen LogP contribution in [-0.2, 0) is 4.74 Å². The van der Waals surface area contributed by atoms with E-state index in [-0.39, 0.29) is 35.8 Å². The highest BCUT2D eigenvalue weighted by Gasteiger charge is 2.29. The molecule has 1 atom stereocenters. The number of nitro benzene ring substituents is 1. The number of methoxy groups -OCH3 is 1. The molecule has 0 aromatic heterocycles. The fourth-order valence-electron chi connectivity index (χ4n) is 4.26. The molecule has 34 heavy (non-hydrogen) atoms. The van der Waals surface area contributed by atoms with Crippen molar-refractivity contribution in [2.24, 2.45) is 0 Å². The standard InChI is InChI=1S/C25H32FN3O5/c1-17(2)28(20-6-4-11-27-16-20)25(30)18-7-9-21(24(14-18)34-13-5-12-33-3)22-15-19(29(31)32)8-10-23(22)26/h7-10,14-15,17,20,27H,4-6,11-13,16H2,1-3H3/t20-/m1/s1. The lowest BCUT2D eigenvalue weighted by molar-refractivity contribution is -0.384. The summed E-state index contributed by atoms with van der Waals surface area (Å²) in [7, 11) is 1.59. The number of hydrogen-bond donors (Lipinski definition) is 1. The first-order chi connectivity index (χ1) is 16.3. The van der Waals surface area contributed by atoms with Crippen LogP contribution in [0.15, 0.2) is 36.4 Å². The van der Waals surface area contributed by atoms with Crippen LogP contribution in [0.3, 0.4) is 0 Å². The van der Waals surface area contributed by atoms with E-state index in [1.165, 1.54) is 6.07 Å². The van der Waals surface area contributed by atoms with Gasteiger partial charge in [-0.25, -0.2) is 4.39 Å². The number of amides is 1. The summed E-state index contributed by atoms with van der Waals surface area (Å²) in [5.41, 5.74) is 0.603. The van der Waals surface area contributed by atoms with Crippen LogP contribution in [0.5, 0.6) is 5.75 Å². The predicted octanol–water partition coefficient (Wildman–Crippen LogP) is 4.42. The first kappa shape index (κ1) is 25.6. The summed E-state index contributed by atoms with van der Waals surface area (Å²) in [5, 5.41) is 14.6. The molecular weight excluding hydrogens is 441 g/mol. The Labute approximate surface area is 199 Å². The van der Waals surface area contributed by atoms with Crippen molar-refractivity contribution in [2.45, 2.75) is 45.2 Å². The van der Waals surface area contributed by atoms with E-state index in [0.29, 0.717) is 29.9 Å². The number of carbonyl (C=O) groups is 1. The molecule has 0 unspecified atom stereocenters. The molecule has 8 nitrogen and oxygen atoms in total. The molecule has 1 N–H and O–H groups in total. The van der Waals surface area contributed by atoms with E-state index in [9.17, 15) is 19.3 Å². The molecule has 0 radical (unpaired) electrons. The summed E-state index contributed by atoms with van der Waals surface area (Å²) in [5.74, 6) is -0.438. The lowest BCUT2D eigenvalue weighted by Crippen LogP contribution is -2.51. The largest absolute Gasteiger partial charge is 0.493 e. The topological polar surface area (TPSA) is 93.9 Å². The average molecular weight is 474 g/mol. The van der Waals surface area contributed by atoms with Crippen molar-refractivity contribution in [3.63, 3.8) is 0 Å². The van der Waals surface area contributed by atoms with Crippen LogP contribution < -0.4 is 10.1 Å². The van der Waals surface area contributed by atoms with Crippen LogP contribution in [0.1, 0.15) is 43.5 Å². The summed E-state index contributed by atoms with van der Waals surface area (Å²) < 4.78 is 25.7. The van der Waals surface area contributed by atoms with Crippen molar-refractivity contribution in [1.29, 1.82) is 0 Å². The second-order valence-electron chi connectivity index (χ2n) is 8.63. The van der Waals surface area contributed by atoms with Gasteiger partial charge in [0.1, 0.15) is 11.6 Å². The monoisotopic (exact) mass is 473 g/mol. The SMILES string of the molecule is COCCCOc1cc(C(=O)N(C(C)C)[C@@H]2CCCNC2)ccc1-c1cc([N+](=O)[O-])ccc1F. The number of ether oxygens (including phenoxy) is 2. The summed E-state index contributed by atoms with van der Waals surface area (Å²) in [6.45, 7) is 6.42. The Hall–Kier alpha value is -3.04. The number of nitro groups is 1. The molecule has 0 bridgehead atoms. The number of nitrogens with zero attached hydrogens (tertiary/aromatic N) is 2. The van der Waals surface area contributed by atoms with Gasteiger partial charge in [0.2, 0.25) is 0 Å². The molecule has 0 aliphatic carbocycles. The zero-order valence-electron chi connectivity index (χ0n) is 19.9. The van der Waals surface area contributed by atoms with Crippen LogP contribution in [0, 0.1) is 15.9 Å². The molecule has 1 heterocycles. The van der Waals surface area contributed by atoms with Gasteiger partial charge in [-0.3, -0.25) is 14.9 Å². The number of non-ortho nitro benzene ring substituents is 1. The van der Waals surface area contributed by atoms with Crippen molar-refractivity contribution in [1.82, 2.24) is 10.2 Å². The minimum Gasteiger partial charge on any atom is -0.493 e. The van der Waals surface area contributed by atoms with Gasteiger partial charge >= 0.3 is 0 Å². The zero-order chi connectivity index (χ0) is 24.7. The summed E-state index contributed by atoms with van der Waals surface area (Å²) in [6, 6.07) is 8.28. The summed E-state index contributed by atoms with van der Waals surface area (Å²) in [4.78, 5) is 26.1. The Balaban J connectivity index is 1.99. The Morgan fingerprint density at radius 2 is 2.03 bits per heavy atom. The van der Waals surface area contributed by atoms with Crippen molar-refractivity contribution in [2.75, 3.05) is 33.4 Å². The third-order valence-electron chi connectivity index (χ3n) is 5.88. The number of rotatable bonds is 10. The maximum atomic E-state index is 14.7. The van der Waals surface area contributed by atoms with Crippen LogP contribution in [0.2, 0.25) is 0 Å². The lowest BCUT2D eigenvalue weighted by Gasteiger charge is -2.37. The molecule has 2 aromatic rings. The highest BCUT2D eigenvalue weighted by molar-refractivity contribution is 5.96. The second-order valence-corrected chi connectivity index (χ2v) is 8.63. The number of piperidine rings is 1. The highest BCUT2D eigenvalue weighted by atomic mass is 19.1. The van der Waals surface area contributed by atoms with Gasteiger partial charge in [0.25, 0.3) is 11.6 Å². The Kier molecular flexibility index (Phi) is 8.95. The maximum Gasteiger partial charge on any atom is 0.270 e. The van der Waals surface area contributed by atoms with Gasteiger partial charge in [0.15, 0.2) is 0 Å². The minimum atomic E-state index is -0.608. The number of halogens is 1. The lowest BCUT2D eigenvalue weighted by atomic mass is 9.99. The molecule has 0 saturated carbocycles. The van der Waals surface area contributed by atoms with E-state index in [0.717, 1.165) is 38.1 Å². The fourth-order valence-corrected chi connectivity index (χ4v) is 4.26. The van der Waals surface area contributed by atoms with Gasteiger partial charge in [0.05, 0.1) is 11.5 Å². The number of benzene rings is 2. The molecule has 2 aromatic carbocycles. The molecule has 9 heteroatoms. The minimum absolute atomic E-state index is 0.00244. The van der Waals surface area contributed by atoms with Gasteiger partial charge in [0, 0.05) is 67.6 Å². The molecule has 3 rings (SSSR count). The molecule has 1 aliphatic heterocycles. The first-order valence-electron chi connectivity index (χ1n) is 11.6. The average Bonchev–Trinajstić information content (AvgIpc) is 2.82. The Morgan fingerprint density at radius 1 is 1.24 bits per heavy atom. The van der Waals surface area contributed by atoms with Crippen molar-refractivity contribution < 1.29 is 23.6 Å². The Bertz CT molecular complexity index is 1010. The Morgan fingerprint density at radius 3 is 2.68 bits per heavy atom. The van der Waals surface area contributed by atoms with Gasteiger partial charge in [-0.05, 0) is 57.5 Å². The van der Waals surface area contributed by atoms with E-state index < -0.39 is 10.7 Å². The van der Waals surface area contributed by atoms with Gasteiger partial charge in [-0.2, -0.15) is 0 Å². The molecular formula is C25H32FN3O5. The van der Waals surface area contributed by atoms with Crippen LogP contribution in [0.25, 0.3) is 11.1 Å². The summed E-state index contributed by atoms with van der Waals surface area (Å²) in [6.07, 6.45) is 2.52. The number of carbonyl (C=O) groups excluding carboxylic acids is 1. The zero-order valence-corrected chi connectivity index (χ0v) is 19.9.